The van der Waals surface area contributed by atoms with Crippen LogP contribution in [0.3, 0.4) is 0 Å². The van der Waals surface area contributed by atoms with E-state index in [2.05, 4.69) is 4.98 Å². The summed E-state index contributed by atoms with van der Waals surface area (Å²) in [7, 11) is 0. The number of carbonyl (C=O) groups is 2. The van der Waals surface area contributed by atoms with Crippen LogP contribution in [0.25, 0.3) is 21.3 Å². The molecule has 122 valence electrons. The van der Waals surface area contributed by atoms with Gasteiger partial charge < -0.3 is 10.2 Å². The average molecular weight is 359 g/mol. The van der Waals surface area contributed by atoms with Crippen LogP contribution in [0.1, 0.15) is 6.42 Å². The third-order valence-corrected chi connectivity index (χ3v) is 5.66. The first-order chi connectivity index (χ1) is 11.5. The second-order valence-corrected chi connectivity index (χ2v) is 7.52. The summed E-state index contributed by atoms with van der Waals surface area (Å²) in [5, 5.41) is 17.0. The second kappa shape index (κ2) is 7.02. The summed E-state index contributed by atoms with van der Waals surface area (Å²) in [5.74, 6) is -2.29. The van der Waals surface area contributed by atoms with E-state index in [0.717, 1.165) is 33.1 Å². The Morgan fingerprint density at radius 2 is 1.83 bits per heavy atom. The number of nitrogens with zero attached hydrogens (tertiary/aromatic N) is 1. The number of benzene rings is 2. The lowest BCUT2D eigenvalue weighted by Gasteiger charge is -2.06. The van der Waals surface area contributed by atoms with Crippen molar-refractivity contribution in [1.82, 2.24) is 4.98 Å². The monoisotopic (exact) mass is 359 g/mol. The molecule has 1 heterocycles. The molecule has 2 aromatic carbocycles. The lowest BCUT2D eigenvalue weighted by molar-refractivity contribution is -0.142. The zero-order valence-corrected chi connectivity index (χ0v) is 14.0. The lowest BCUT2D eigenvalue weighted by Crippen LogP contribution is -2.20. The fourth-order valence-electron chi connectivity index (χ4n) is 2.29. The summed E-state index contributed by atoms with van der Waals surface area (Å²) in [4.78, 5) is 26.6. The molecule has 1 atom stereocenters. The molecule has 0 fully saturated rings. The molecule has 1 unspecified atom stereocenters. The van der Waals surface area contributed by atoms with Crippen molar-refractivity contribution in [3.05, 3.63) is 48.5 Å². The molecular weight excluding hydrogens is 346 g/mol. The van der Waals surface area contributed by atoms with Crippen molar-refractivity contribution in [1.29, 1.82) is 0 Å². The zero-order chi connectivity index (χ0) is 17.1. The number of para-hydroxylation sites is 1. The summed E-state index contributed by atoms with van der Waals surface area (Å²) in [6, 6.07) is 15.6. The van der Waals surface area contributed by atoms with Gasteiger partial charge >= 0.3 is 11.9 Å². The molecule has 24 heavy (non-hydrogen) atoms. The Hall–Kier alpha value is -2.38. The van der Waals surface area contributed by atoms with Gasteiger partial charge in [0, 0.05) is 5.56 Å². The quantitative estimate of drug-likeness (QED) is 0.647. The van der Waals surface area contributed by atoms with Crippen molar-refractivity contribution in [2.45, 2.75) is 16.0 Å². The average Bonchev–Trinajstić information content (AvgIpc) is 2.97. The number of thiazole rings is 1. The van der Waals surface area contributed by atoms with Crippen molar-refractivity contribution in [2.75, 3.05) is 0 Å². The fraction of sp³-hybridized carbons (Fsp3) is 0.118. The van der Waals surface area contributed by atoms with Crippen LogP contribution in [-0.4, -0.2) is 32.4 Å². The van der Waals surface area contributed by atoms with Crippen LogP contribution in [0.15, 0.2) is 52.9 Å². The number of carboxylic acids is 2. The van der Waals surface area contributed by atoms with Gasteiger partial charge in [-0.3, -0.25) is 9.59 Å². The Bertz CT molecular complexity index is 892. The number of hydrogen-bond acceptors (Lipinski definition) is 5. The molecule has 0 radical (unpaired) electrons. The molecule has 2 N–H and O–H groups in total. The van der Waals surface area contributed by atoms with Crippen LogP contribution in [-0.2, 0) is 9.59 Å². The predicted molar refractivity (Wildman–Crippen MR) is 94.6 cm³/mol. The normalized spacial score (nSPS) is 12.2. The summed E-state index contributed by atoms with van der Waals surface area (Å²) in [5.41, 5.74) is 2.81. The van der Waals surface area contributed by atoms with E-state index < -0.39 is 23.6 Å². The predicted octanol–water partition coefficient (Wildman–Crippen LogP) is 3.98. The topological polar surface area (TPSA) is 87.5 Å². The molecule has 0 amide bonds. The molecule has 5 nitrogen and oxygen atoms in total. The summed E-state index contributed by atoms with van der Waals surface area (Å²) >= 11 is 2.36. The molecule has 7 heteroatoms. The van der Waals surface area contributed by atoms with Crippen LogP contribution < -0.4 is 0 Å². The van der Waals surface area contributed by atoms with E-state index >= 15 is 0 Å². The number of aromatic nitrogens is 1. The summed E-state index contributed by atoms with van der Waals surface area (Å²) in [6.45, 7) is 0. The fourth-order valence-corrected chi connectivity index (χ4v) is 4.54. The van der Waals surface area contributed by atoms with Gasteiger partial charge in [0.1, 0.15) is 5.25 Å². The second-order valence-electron chi connectivity index (χ2n) is 5.04. The molecule has 0 aliphatic carbocycles. The Morgan fingerprint density at radius 1 is 1.08 bits per heavy atom. The van der Waals surface area contributed by atoms with Gasteiger partial charge in [0.15, 0.2) is 4.34 Å². The van der Waals surface area contributed by atoms with Gasteiger partial charge in [0.05, 0.1) is 16.6 Å². The highest BCUT2D eigenvalue weighted by Crippen LogP contribution is 2.37. The molecule has 3 aromatic rings. The van der Waals surface area contributed by atoms with Crippen molar-refractivity contribution in [3.63, 3.8) is 0 Å². The van der Waals surface area contributed by atoms with E-state index in [0.29, 0.717) is 4.34 Å². The number of hydrogen-bond donors (Lipinski definition) is 2. The smallest absolute Gasteiger partial charge is 0.317 e. The van der Waals surface area contributed by atoms with E-state index in [4.69, 9.17) is 5.11 Å². The summed E-state index contributed by atoms with van der Waals surface area (Å²) < 4.78 is 1.50. The minimum absolute atomic E-state index is 0.443. The molecule has 3 rings (SSSR count). The van der Waals surface area contributed by atoms with E-state index in [-0.39, 0.29) is 0 Å². The molecule has 0 aliphatic heterocycles. The van der Waals surface area contributed by atoms with Gasteiger partial charge in [-0.15, -0.1) is 11.3 Å². The van der Waals surface area contributed by atoms with E-state index in [9.17, 15) is 14.7 Å². The molecule has 0 saturated carbocycles. The Labute approximate surface area is 146 Å². The van der Waals surface area contributed by atoms with Gasteiger partial charge in [-0.25, -0.2) is 4.98 Å². The first-order valence-electron chi connectivity index (χ1n) is 7.11. The third-order valence-electron chi connectivity index (χ3n) is 3.36. The number of aliphatic carboxylic acids is 2. The Morgan fingerprint density at radius 3 is 2.50 bits per heavy atom. The highest BCUT2D eigenvalue weighted by Gasteiger charge is 2.24. The van der Waals surface area contributed by atoms with Gasteiger partial charge in [0.25, 0.3) is 0 Å². The van der Waals surface area contributed by atoms with Crippen LogP contribution in [0.5, 0.6) is 0 Å². The van der Waals surface area contributed by atoms with E-state index in [1.807, 2.05) is 48.5 Å². The van der Waals surface area contributed by atoms with Crippen molar-refractivity contribution >= 4 is 45.3 Å². The number of fused-ring (bicyclic) bond motifs is 1. The van der Waals surface area contributed by atoms with Crippen LogP contribution in [0.4, 0.5) is 0 Å². The number of thioether (sulfide) groups is 1. The van der Waals surface area contributed by atoms with Crippen molar-refractivity contribution < 1.29 is 19.8 Å². The van der Waals surface area contributed by atoms with Crippen LogP contribution in [0, 0.1) is 0 Å². The Kier molecular flexibility index (Phi) is 4.82. The molecule has 0 aliphatic rings. The van der Waals surface area contributed by atoms with E-state index in [1.165, 1.54) is 11.3 Å². The van der Waals surface area contributed by atoms with Gasteiger partial charge in [-0.1, -0.05) is 54.2 Å². The van der Waals surface area contributed by atoms with Crippen molar-refractivity contribution in [3.8, 4) is 11.1 Å². The van der Waals surface area contributed by atoms with Crippen LogP contribution >= 0.6 is 23.1 Å². The first-order valence-corrected chi connectivity index (χ1v) is 8.80. The first kappa shape index (κ1) is 16.5. The lowest BCUT2D eigenvalue weighted by atomic mass is 10.1. The SMILES string of the molecule is O=C(O)CC(Sc1nc2c(-c3ccccc3)cccc2s1)C(=O)O. The highest BCUT2D eigenvalue weighted by atomic mass is 32.2. The van der Waals surface area contributed by atoms with Crippen molar-refractivity contribution in [2.24, 2.45) is 0 Å². The largest absolute Gasteiger partial charge is 0.481 e. The molecule has 0 spiro atoms. The van der Waals surface area contributed by atoms with E-state index in [1.54, 1.807) is 0 Å². The standard InChI is InChI=1S/C17H13NO4S2/c19-14(20)9-13(16(21)22)24-17-18-15-11(7-4-8-12(15)23-17)10-5-2-1-3-6-10/h1-8,13H,9H2,(H,19,20)(H,21,22). The number of carboxylic acid groups (broad SMARTS) is 2. The van der Waals surface area contributed by atoms with Gasteiger partial charge in [0.2, 0.25) is 0 Å². The molecular formula is C17H13NO4S2. The molecule has 1 aromatic heterocycles. The minimum atomic E-state index is -1.15. The summed E-state index contributed by atoms with van der Waals surface area (Å²) in [6.07, 6.45) is -0.443. The molecule has 0 bridgehead atoms. The molecule has 0 saturated heterocycles. The van der Waals surface area contributed by atoms with Gasteiger partial charge in [-0.05, 0) is 11.6 Å². The third kappa shape index (κ3) is 3.58. The number of rotatable bonds is 6. The Balaban J connectivity index is 1.97. The maximum absolute atomic E-state index is 11.2. The van der Waals surface area contributed by atoms with Gasteiger partial charge in [-0.2, -0.15) is 0 Å². The maximum Gasteiger partial charge on any atom is 0.317 e. The highest BCUT2D eigenvalue weighted by molar-refractivity contribution is 8.02. The van der Waals surface area contributed by atoms with Crippen LogP contribution in [0.2, 0.25) is 0 Å². The maximum atomic E-state index is 11.2. The zero-order valence-electron chi connectivity index (χ0n) is 12.4. The minimum Gasteiger partial charge on any atom is -0.481 e.